The molecule has 0 N–H and O–H groups in total. The highest BCUT2D eigenvalue weighted by atomic mass is 35.5. The first-order valence-electron chi connectivity index (χ1n) is 6.74. The van der Waals surface area contributed by atoms with Crippen LogP contribution in [0.3, 0.4) is 0 Å². The Balaban J connectivity index is 1.64. The molecule has 1 aliphatic heterocycles. The summed E-state index contributed by atoms with van der Waals surface area (Å²) in [5, 5.41) is 8.76. The summed E-state index contributed by atoms with van der Waals surface area (Å²) in [6, 6.07) is 7.32. The lowest BCUT2D eigenvalue weighted by atomic mass is 10.2. The first-order chi connectivity index (χ1) is 10.2. The van der Waals surface area contributed by atoms with Gasteiger partial charge in [0.05, 0.1) is 6.54 Å². The number of aromatic nitrogens is 2. The van der Waals surface area contributed by atoms with Gasteiger partial charge in [0.1, 0.15) is 0 Å². The normalized spacial score (nSPS) is 16.1. The van der Waals surface area contributed by atoms with Crippen LogP contribution in [0.25, 0.3) is 11.5 Å². The average molecular weight is 307 g/mol. The molecule has 6 nitrogen and oxygen atoms in total. The van der Waals surface area contributed by atoms with Crippen molar-refractivity contribution in [1.29, 1.82) is 0 Å². The van der Waals surface area contributed by atoms with Crippen molar-refractivity contribution in [3.05, 3.63) is 35.2 Å². The zero-order valence-electron chi connectivity index (χ0n) is 11.4. The summed E-state index contributed by atoms with van der Waals surface area (Å²) in [5.74, 6) is 1.04. The van der Waals surface area contributed by atoms with Gasteiger partial charge < -0.3 is 9.32 Å². The molecule has 0 aliphatic carbocycles. The van der Waals surface area contributed by atoms with Gasteiger partial charge in [0.15, 0.2) is 0 Å². The first kappa shape index (κ1) is 14.0. The molecular formula is C14H15ClN4O2. The molecule has 0 spiro atoms. The number of rotatable bonds is 4. The molecule has 1 aliphatic rings. The van der Waals surface area contributed by atoms with Crippen molar-refractivity contribution in [2.45, 2.75) is 6.54 Å². The van der Waals surface area contributed by atoms with Crippen LogP contribution >= 0.6 is 11.6 Å². The number of benzene rings is 1. The van der Waals surface area contributed by atoms with E-state index in [4.69, 9.17) is 16.0 Å². The molecule has 0 unspecified atom stereocenters. The van der Waals surface area contributed by atoms with Gasteiger partial charge in [-0.1, -0.05) is 17.7 Å². The Hall–Kier alpha value is -1.92. The Labute approximate surface area is 127 Å². The molecule has 7 heteroatoms. The Morgan fingerprint density at radius 2 is 2.05 bits per heavy atom. The predicted molar refractivity (Wildman–Crippen MR) is 77.7 cm³/mol. The van der Waals surface area contributed by atoms with E-state index in [1.807, 2.05) is 12.1 Å². The molecule has 0 atom stereocenters. The molecule has 1 aromatic heterocycles. The van der Waals surface area contributed by atoms with Crippen LogP contribution in [0.2, 0.25) is 5.02 Å². The average Bonchev–Trinajstić information content (AvgIpc) is 2.97. The number of halogens is 1. The van der Waals surface area contributed by atoms with E-state index >= 15 is 0 Å². The van der Waals surface area contributed by atoms with Crippen LogP contribution in [0.4, 0.5) is 0 Å². The summed E-state index contributed by atoms with van der Waals surface area (Å²) >= 11 is 5.95. The van der Waals surface area contributed by atoms with Gasteiger partial charge >= 0.3 is 0 Å². The molecule has 3 rings (SSSR count). The van der Waals surface area contributed by atoms with Gasteiger partial charge in [-0.15, -0.1) is 10.2 Å². The maximum Gasteiger partial charge on any atom is 0.247 e. The van der Waals surface area contributed by atoms with Gasteiger partial charge in [0, 0.05) is 36.8 Å². The molecule has 1 aromatic carbocycles. The molecule has 1 amide bonds. The number of hydrogen-bond donors (Lipinski definition) is 0. The first-order valence-corrected chi connectivity index (χ1v) is 7.12. The minimum Gasteiger partial charge on any atom is -0.419 e. The molecule has 1 saturated heterocycles. The zero-order valence-corrected chi connectivity index (χ0v) is 12.2. The molecule has 0 bridgehead atoms. The number of carbonyl (C=O) groups excluding carboxylic acids is 1. The SMILES string of the molecule is O=CN1CCN(Cc2nnc(-c3cccc(Cl)c3)o2)CC1. The summed E-state index contributed by atoms with van der Waals surface area (Å²) < 4.78 is 5.67. The Bertz CT molecular complexity index is 623. The van der Waals surface area contributed by atoms with Gasteiger partial charge in [-0.2, -0.15) is 0 Å². The number of hydrogen-bond acceptors (Lipinski definition) is 5. The van der Waals surface area contributed by atoms with Gasteiger partial charge in [-0.05, 0) is 18.2 Å². The van der Waals surface area contributed by atoms with E-state index in [0.717, 1.165) is 38.2 Å². The molecule has 2 heterocycles. The third kappa shape index (κ3) is 3.40. The Morgan fingerprint density at radius 1 is 1.24 bits per heavy atom. The van der Waals surface area contributed by atoms with Crippen molar-refractivity contribution in [1.82, 2.24) is 20.0 Å². The fraction of sp³-hybridized carbons (Fsp3) is 0.357. The van der Waals surface area contributed by atoms with Crippen LogP contribution < -0.4 is 0 Å². The topological polar surface area (TPSA) is 62.5 Å². The largest absolute Gasteiger partial charge is 0.419 e. The second-order valence-corrected chi connectivity index (χ2v) is 5.37. The summed E-state index contributed by atoms with van der Waals surface area (Å²) in [4.78, 5) is 14.6. The summed E-state index contributed by atoms with van der Waals surface area (Å²) in [6.45, 7) is 3.69. The van der Waals surface area contributed by atoms with Gasteiger partial charge in [-0.25, -0.2) is 0 Å². The van der Waals surface area contributed by atoms with E-state index in [2.05, 4.69) is 15.1 Å². The van der Waals surface area contributed by atoms with Gasteiger partial charge in [0.25, 0.3) is 0 Å². The summed E-state index contributed by atoms with van der Waals surface area (Å²) in [5.41, 5.74) is 0.812. The molecule has 2 aromatic rings. The number of piperazine rings is 1. The second kappa shape index (κ2) is 6.24. The van der Waals surface area contributed by atoms with Crippen LogP contribution in [-0.4, -0.2) is 52.6 Å². The monoisotopic (exact) mass is 306 g/mol. The van der Waals surface area contributed by atoms with Gasteiger partial charge in [0.2, 0.25) is 18.2 Å². The minimum atomic E-state index is 0.471. The molecule has 1 fully saturated rings. The third-order valence-corrected chi connectivity index (χ3v) is 3.69. The fourth-order valence-corrected chi connectivity index (χ4v) is 2.46. The van der Waals surface area contributed by atoms with Crippen molar-refractivity contribution in [3.63, 3.8) is 0 Å². The van der Waals surface area contributed by atoms with Crippen molar-refractivity contribution in [3.8, 4) is 11.5 Å². The highest BCUT2D eigenvalue weighted by Crippen LogP contribution is 2.21. The molecule has 0 saturated carbocycles. The predicted octanol–water partition coefficient (Wildman–Crippen LogP) is 1.66. The smallest absolute Gasteiger partial charge is 0.247 e. The van der Waals surface area contributed by atoms with Crippen molar-refractivity contribution in [2.75, 3.05) is 26.2 Å². The van der Waals surface area contributed by atoms with E-state index in [0.29, 0.717) is 23.3 Å². The van der Waals surface area contributed by atoms with Crippen LogP contribution in [0.15, 0.2) is 28.7 Å². The van der Waals surface area contributed by atoms with E-state index in [-0.39, 0.29) is 0 Å². The van der Waals surface area contributed by atoms with Crippen LogP contribution in [0.5, 0.6) is 0 Å². The maximum atomic E-state index is 10.7. The lowest BCUT2D eigenvalue weighted by Crippen LogP contribution is -2.45. The highest BCUT2D eigenvalue weighted by Gasteiger charge is 2.18. The summed E-state index contributed by atoms with van der Waals surface area (Å²) in [7, 11) is 0. The number of nitrogens with zero attached hydrogens (tertiary/aromatic N) is 4. The van der Waals surface area contributed by atoms with Crippen LogP contribution in [-0.2, 0) is 11.3 Å². The quantitative estimate of drug-likeness (QED) is 0.804. The van der Waals surface area contributed by atoms with Crippen molar-refractivity contribution >= 4 is 18.0 Å². The van der Waals surface area contributed by atoms with E-state index in [1.165, 1.54) is 0 Å². The van der Waals surface area contributed by atoms with Gasteiger partial charge in [-0.3, -0.25) is 9.69 Å². The second-order valence-electron chi connectivity index (χ2n) is 4.93. The Morgan fingerprint density at radius 3 is 2.76 bits per heavy atom. The maximum absolute atomic E-state index is 10.7. The molecular weight excluding hydrogens is 292 g/mol. The van der Waals surface area contributed by atoms with E-state index in [1.54, 1.807) is 17.0 Å². The lowest BCUT2D eigenvalue weighted by molar-refractivity contribution is -0.119. The molecule has 0 radical (unpaired) electrons. The van der Waals surface area contributed by atoms with Crippen molar-refractivity contribution < 1.29 is 9.21 Å². The summed E-state index contributed by atoms with van der Waals surface area (Å²) in [6.07, 6.45) is 0.890. The molecule has 110 valence electrons. The Kier molecular flexibility index (Phi) is 4.17. The number of carbonyl (C=O) groups is 1. The molecule has 21 heavy (non-hydrogen) atoms. The van der Waals surface area contributed by atoms with Crippen molar-refractivity contribution in [2.24, 2.45) is 0 Å². The third-order valence-electron chi connectivity index (χ3n) is 3.45. The van der Waals surface area contributed by atoms with Crippen LogP contribution in [0.1, 0.15) is 5.89 Å². The number of amides is 1. The van der Waals surface area contributed by atoms with Crippen LogP contribution in [0, 0.1) is 0 Å². The standard InChI is InChI=1S/C14H15ClN4O2/c15-12-3-1-2-11(8-12)14-17-16-13(21-14)9-18-4-6-19(10-20)7-5-18/h1-3,8,10H,4-7,9H2. The fourth-order valence-electron chi connectivity index (χ4n) is 2.27. The highest BCUT2D eigenvalue weighted by molar-refractivity contribution is 6.30. The van der Waals surface area contributed by atoms with E-state index < -0.39 is 0 Å². The zero-order chi connectivity index (χ0) is 14.7. The lowest BCUT2D eigenvalue weighted by Gasteiger charge is -2.31. The van der Waals surface area contributed by atoms with E-state index in [9.17, 15) is 4.79 Å². The minimum absolute atomic E-state index is 0.471.